The molecule has 25 heavy (non-hydrogen) atoms. The van der Waals surface area contributed by atoms with Gasteiger partial charge in [0.25, 0.3) is 5.91 Å². The number of nitrogens with one attached hydrogen (secondary N) is 1. The molecule has 0 spiro atoms. The zero-order valence-corrected chi connectivity index (χ0v) is 13.5. The van der Waals surface area contributed by atoms with Gasteiger partial charge in [0.2, 0.25) is 0 Å². The lowest BCUT2D eigenvalue weighted by Gasteiger charge is -2.14. The largest absolute Gasteiger partial charge is 0.490 e. The molecule has 1 fully saturated rings. The van der Waals surface area contributed by atoms with Crippen molar-refractivity contribution in [1.29, 1.82) is 0 Å². The number of hydrogen-bond donors (Lipinski definition) is 1. The van der Waals surface area contributed by atoms with Gasteiger partial charge >= 0.3 is 6.18 Å². The van der Waals surface area contributed by atoms with E-state index in [1.807, 2.05) is 0 Å². The number of alkyl halides is 3. The number of benzene rings is 2. The smallest absolute Gasteiger partial charge is 0.417 e. The second-order valence-electron chi connectivity index (χ2n) is 6.05. The molecule has 0 aromatic heterocycles. The first-order valence-electron chi connectivity index (χ1n) is 8.18. The van der Waals surface area contributed by atoms with Crippen LogP contribution in [0.5, 0.6) is 5.75 Å². The molecule has 3 rings (SSSR count). The van der Waals surface area contributed by atoms with Crippen LogP contribution >= 0.6 is 0 Å². The third-order valence-corrected chi connectivity index (χ3v) is 4.19. The third-order valence-electron chi connectivity index (χ3n) is 4.19. The number of amides is 1. The average molecular weight is 349 g/mol. The minimum Gasteiger partial charge on any atom is -0.490 e. The summed E-state index contributed by atoms with van der Waals surface area (Å²) >= 11 is 0. The number of anilines is 1. The van der Waals surface area contributed by atoms with Crippen LogP contribution in [0.15, 0.2) is 48.5 Å². The Labute approximate surface area is 143 Å². The van der Waals surface area contributed by atoms with E-state index in [0.717, 1.165) is 37.8 Å². The molecule has 0 unspecified atom stereocenters. The van der Waals surface area contributed by atoms with Gasteiger partial charge in [0.1, 0.15) is 5.75 Å². The fraction of sp³-hybridized carbons (Fsp3) is 0.316. The summed E-state index contributed by atoms with van der Waals surface area (Å²) in [4.78, 5) is 12.2. The fourth-order valence-electron chi connectivity index (χ4n) is 2.94. The number of ether oxygens (including phenoxy) is 1. The molecule has 0 saturated heterocycles. The van der Waals surface area contributed by atoms with Gasteiger partial charge in [-0.2, -0.15) is 13.2 Å². The van der Waals surface area contributed by atoms with Crippen molar-refractivity contribution in [2.75, 3.05) is 5.32 Å². The molecule has 3 nitrogen and oxygen atoms in total. The Balaban J connectivity index is 1.69. The van der Waals surface area contributed by atoms with E-state index < -0.39 is 23.2 Å². The maximum atomic E-state index is 13.0. The minimum absolute atomic E-state index is 0.221. The lowest BCUT2D eigenvalue weighted by Crippen LogP contribution is -2.18. The lowest BCUT2D eigenvalue weighted by molar-refractivity contribution is -0.137. The molecule has 0 radical (unpaired) electrons. The molecule has 2 aromatic rings. The Morgan fingerprint density at radius 2 is 1.64 bits per heavy atom. The third kappa shape index (κ3) is 4.32. The van der Waals surface area contributed by atoms with Crippen LogP contribution in [-0.4, -0.2) is 12.0 Å². The van der Waals surface area contributed by atoms with Crippen molar-refractivity contribution in [3.05, 3.63) is 59.7 Å². The van der Waals surface area contributed by atoms with Crippen LogP contribution in [0.3, 0.4) is 0 Å². The molecular weight excluding hydrogens is 331 g/mol. The van der Waals surface area contributed by atoms with E-state index in [1.54, 1.807) is 24.3 Å². The molecule has 1 aliphatic carbocycles. The van der Waals surface area contributed by atoms with E-state index >= 15 is 0 Å². The van der Waals surface area contributed by atoms with Crippen LogP contribution in [0, 0.1) is 0 Å². The lowest BCUT2D eigenvalue weighted by atomic mass is 10.1. The summed E-state index contributed by atoms with van der Waals surface area (Å²) in [7, 11) is 0. The van der Waals surface area contributed by atoms with Crippen molar-refractivity contribution in [2.24, 2.45) is 0 Å². The predicted molar refractivity (Wildman–Crippen MR) is 88.7 cm³/mol. The number of carbonyl (C=O) groups is 1. The van der Waals surface area contributed by atoms with Crippen molar-refractivity contribution in [3.8, 4) is 5.75 Å². The van der Waals surface area contributed by atoms with Crippen LogP contribution in [-0.2, 0) is 6.18 Å². The summed E-state index contributed by atoms with van der Waals surface area (Å²) in [6.07, 6.45) is 0.0420. The zero-order valence-electron chi connectivity index (χ0n) is 13.5. The van der Waals surface area contributed by atoms with Gasteiger partial charge in [0.05, 0.1) is 17.2 Å². The first-order chi connectivity index (χ1) is 11.9. The standard InChI is InChI=1S/C19H18F3NO2/c20-19(21,22)17-8-4-3-7-16(17)18(24)23-13-9-11-15(12-10-13)25-14-5-1-2-6-14/h3-4,7-12,14H,1-2,5-6H2,(H,23,24). The average Bonchev–Trinajstić information content (AvgIpc) is 3.09. The molecule has 0 heterocycles. The first-order valence-corrected chi connectivity index (χ1v) is 8.18. The SMILES string of the molecule is O=C(Nc1ccc(OC2CCCC2)cc1)c1ccccc1C(F)(F)F. The molecule has 6 heteroatoms. The Morgan fingerprint density at radius 3 is 2.28 bits per heavy atom. The molecule has 1 N–H and O–H groups in total. The topological polar surface area (TPSA) is 38.3 Å². The number of rotatable bonds is 4. The van der Waals surface area contributed by atoms with E-state index in [-0.39, 0.29) is 6.10 Å². The summed E-state index contributed by atoms with van der Waals surface area (Å²) in [6, 6.07) is 11.4. The van der Waals surface area contributed by atoms with Crippen LogP contribution in [0.1, 0.15) is 41.6 Å². The second kappa shape index (κ2) is 7.17. The van der Waals surface area contributed by atoms with Crippen LogP contribution in [0.2, 0.25) is 0 Å². The first kappa shape index (κ1) is 17.3. The van der Waals surface area contributed by atoms with Crippen LogP contribution < -0.4 is 10.1 Å². The Kier molecular flexibility index (Phi) is 4.97. The summed E-state index contributed by atoms with van der Waals surface area (Å²) < 4.78 is 44.8. The highest BCUT2D eigenvalue weighted by atomic mass is 19.4. The quantitative estimate of drug-likeness (QED) is 0.816. The van der Waals surface area contributed by atoms with Crippen molar-refractivity contribution < 1.29 is 22.7 Å². The molecule has 1 aliphatic rings. The van der Waals surface area contributed by atoms with Gasteiger partial charge in [0.15, 0.2) is 0 Å². The van der Waals surface area contributed by atoms with Gasteiger partial charge < -0.3 is 10.1 Å². The molecule has 1 saturated carbocycles. The summed E-state index contributed by atoms with van der Waals surface area (Å²) in [5.74, 6) is -0.0991. The van der Waals surface area contributed by atoms with E-state index in [1.165, 1.54) is 12.1 Å². The monoisotopic (exact) mass is 349 g/mol. The molecule has 1 amide bonds. The molecule has 0 atom stereocenters. The van der Waals surface area contributed by atoms with Crippen molar-refractivity contribution in [1.82, 2.24) is 0 Å². The molecule has 0 aliphatic heterocycles. The van der Waals surface area contributed by atoms with Gasteiger partial charge in [-0.05, 0) is 62.1 Å². The highest BCUT2D eigenvalue weighted by Gasteiger charge is 2.34. The second-order valence-corrected chi connectivity index (χ2v) is 6.05. The van der Waals surface area contributed by atoms with Gasteiger partial charge in [-0.25, -0.2) is 0 Å². The Hall–Kier alpha value is -2.50. The predicted octanol–water partition coefficient (Wildman–Crippen LogP) is 5.28. The summed E-state index contributed by atoms with van der Waals surface area (Å²) in [5.41, 5.74) is -0.935. The van der Waals surface area contributed by atoms with E-state index in [9.17, 15) is 18.0 Å². The van der Waals surface area contributed by atoms with Crippen molar-refractivity contribution >= 4 is 11.6 Å². The summed E-state index contributed by atoms with van der Waals surface area (Å²) in [5, 5.41) is 2.50. The number of halogens is 3. The van der Waals surface area contributed by atoms with E-state index in [2.05, 4.69) is 5.32 Å². The number of carbonyl (C=O) groups excluding carboxylic acids is 1. The van der Waals surface area contributed by atoms with Gasteiger partial charge in [-0.15, -0.1) is 0 Å². The van der Waals surface area contributed by atoms with E-state index in [0.29, 0.717) is 11.4 Å². The highest BCUT2D eigenvalue weighted by Crippen LogP contribution is 2.32. The van der Waals surface area contributed by atoms with Crippen LogP contribution in [0.25, 0.3) is 0 Å². The molecule has 132 valence electrons. The number of hydrogen-bond acceptors (Lipinski definition) is 2. The summed E-state index contributed by atoms with van der Waals surface area (Å²) in [6.45, 7) is 0. The highest BCUT2D eigenvalue weighted by molar-refractivity contribution is 6.05. The minimum atomic E-state index is -4.58. The molecular formula is C19H18F3NO2. The van der Waals surface area contributed by atoms with Crippen molar-refractivity contribution in [3.63, 3.8) is 0 Å². The van der Waals surface area contributed by atoms with Gasteiger partial charge in [-0.1, -0.05) is 12.1 Å². The maximum Gasteiger partial charge on any atom is 0.417 e. The molecule has 2 aromatic carbocycles. The fourth-order valence-corrected chi connectivity index (χ4v) is 2.94. The van der Waals surface area contributed by atoms with E-state index in [4.69, 9.17) is 4.74 Å². The van der Waals surface area contributed by atoms with Gasteiger partial charge in [-0.3, -0.25) is 4.79 Å². The van der Waals surface area contributed by atoms with Gasteiger partial charge in [0, 0.05) is 5.69 Å². The normalized spacial score (nSPS) is 15.2. The zero-order chi connectivity index (χ0) is 17.9. The Morgan fingerprint density at radius 1 is 1.00 bits per heavy atom. The van der Waals surface area contributed by atoms with Crippen molar-refractivity contribution in [2.45, 2.75) is 38.0 Å². The Bertz CT molecular complexity index is 735. The maximum absolute atomic E-state index is 13.0. The van der Waals surface area contributed by atoms with Crippen LogP contribution in [0.4, 0.5) is 18.9 Å². The molecule has 0 bridgehead atoms.